The van der Waals surface area contributed by atoms with Gasteiger partial charge >= 0.3 is 0 Å². The first-order valence-corrected chi connectivity index (χ1v) is 8.02. The van der Waals surface area contributed by atoms with Crippen LogP contribution in [0.2, 0.25) is 0 Å². The summed E-state index contributed by atoms with van der Waals surface area (Å²) >= 11 is 3.33. The highest BCUT2D eigenvalue weighted by molar-refractivity contribution is 9.10. The van der Waals surface area contributed by atoms with Crippen molar-refractivity contribution in [1.29, 1.82) is 0 Å². The predicted molar refractivity (Wildman–Crippen MR) is 92.7 cm³/mol. The normalized spacial score (nSPS) is 10.4. The molecule has 0 atom stereocenters. The molecule has 1 amide bonds. The molecule has 1 aromatic heterocycles. The maximum Gasteiger partial charge on any atom is 0.254 e. The molecular weight excluding hydrogens is 373 g/mol. The maximum atomic E-state index is 13.2. The monoisotopic (exact) mass is 385 g/mol. The summed E-state index contributed by atoms with van der Waals surface area (Å²) in [5.41, 5.74) is 1.89. The van der Waals surface area contributed by atoms with Gasteiger partial charge in [0.05, 0.1) is 5.56 Å². The topological polar surface area (TPSA) is 54.9 Å². The summed E-state index contributed by atoms with van der Waals surface area (Å²) in [7, 11) is 0. The molecule has 0 aliphatic carbocycles. The second-order valence-corrected chi connectivity index (χ2v) is 5.93. The average molecular weight is 386 g/mol. The van der Waals surface area contributed by atoms with Gasteiger partial charge in [-0.1, -0.05) is 46.3 Å². The highest BCUT2D eigenvalue weighted by atomic mass is 79.9. The molecule has 24 heavy (non-hydrogen) atoms. The molecule has 1 heterocycles. The number of carbonyl (C=O) groups is 1. The van der Waals surface area contributed by atoms with E-state index >= 15 is 0 Å². The van der Waals surface area contributed by atoms with Gasteiger partial charge in [-0.25, -0.2) is 14.4 Å². The zero-order valence-corrected chi connectivity index (χ0v) is 14.1. The van der Waals surface area contributed by atoms with Crippen molar-refractivity contribution in [3.05, 3.63) is 82.3 Å². The Balaban J connectivity index is 1.68. The number of hydrogen-bond donors (Lipinski definition) is 1. The number of amides is 1. The zero-order valence-electron chi connectivity index (χ0n) is 12.5. The molecule has 0 spiro atoms. The van der Waals surface area contributed by atoms with Crippen molar-refractivity contribution in [2.75, 3.05) is 0 Å². The molecule has 0 fully saturated rings. The van der Waals surface area contributed by atoms with Gasteiger partial charge in [-0.3, -0.25) is 4.79 Å². The molecule has 1 N–H and O–H groups in total. The highest BCUT2D eigenvalue weighted by Crippen LogP contribution is 2.18. The van der Waals surface area contributed by atoms with Crippen LogP contribution in [-0.4, -0.2) is 15.9 Å². The van der Waals surface area contributed by atoms with Crippen molar-refractivity contribution in [3.63, 3.8) is 0 Å². The number of hydrogen-bond acceptors (Lipinski definition) is 3. The molecule has 4 nitrogen and oxygen atoms in total. The summed E-state index contributed by atoms with van der Waals surface area (Å²) < 4.78 is 14.0. The van der Waals surface area contributed by atoms with Crippen LogP contribution in [0.4, 0.5) is 4.39 Å². The molecule has 3 aromatic rings. The Labute approximate surface area is 146 Å². The van der Waals surface area contributed by atoms with E-state index in [2.05, 4.69) is 31.2 Å². The Bertz CT molecular complexity index is 854. The van der Waals surface area contributed by atoms with Crippen LogP contribution in [0.15, 0.2) is 65.4 Å². The first-order chi connectivity index (χ1) is 11.6. The molecule has 0 bridgehead atoms. The van der Waals surface area contributed by atoms with Gasteiger partial charge in [0.25, 0.3) is 5.91 Å². The lowest BCUT2D eigenvalue weighted by Gasteiger charge is -2.07. The van der Waals surface area contributed by atoms with E-state index in [0.717, 1.165) is 10.0 Å². The molecule has 3 rings (SSSR count). The van der Waals surface area contributed by atoms with Crippen LogP contribution < -0.4 is 5.32 Å². The molecule has 2 aromatic carbocycles. The number of benzene rings is 2. The lowest BCUT2D eigenvalue weighted by molar-refractivity contribution is 0.0950. The fourth-order valence-corrected chi connectivity index (χ4v) is 2.52. The lowest BCUT2D eigenvalue weighted by atomic mass is 10.2. The van der Waals surface area contributed by atoms with E-state index < -0.39 is 0 Å². The number of carbonyl (C=O) groups excluding carboxylic acids is 1. The Hall–Kier alpha value is -2.60. The molecule has 0 unspecified atom stereocenters. The van der Waals surface area contributed by atoms with Crippen molar-refractivity contribution in [1.82, 2.24) is 15.3 Å². The van der Waals surface area contributed by atoms with Gasteiger partial charge in [-0.15, -0.1) is 0 Å². The minimum Gasteiger partial charge on any atom is -0.348 e. The largest absolute Gasteiger partial charge is 0.348 e. The second kappa shape index (κ2) is 7.31. The Morgan fingerprint density at radius 1 is 1.08 bits per heavy atom. The molecule has 0 aliphatic heterocycles. The predicted octanol–water partition coefficient (Wildman–Crippen LogP) is 3.98. The van der Waals surface area contributed by atoms with Gasteiger partial charge in [0.1, 0.15) is 5.82 Å². The molecule has 0 saturated carbocycles. The van der Waals surface area contributed by atoms with Crippen molar-refractivity contribution < 1.29 is 9.18 Å². The third kappa shape index (κ3) is 3.83. The summed E-state index contributed by atoms with van der Waals surface area (Å²) in [5.74, 6) is -0.108. The van der Waals surface area contributed by atoms with Gasteiger partial charge < -0.3 is 5.32 Å². The van der Waals surface area contributed by atoms with Crippen LogP contribution in [0.5, 0.6) is 0 Å². The van der Waals surface area contributed by atoms with Gasteiger partial charge in [0.15, 0.2) is 5.82 Å². The van der Waals surface area contributed by atoms with Crippen molar-refractivity contribution in [2.24, 2.45) is 0 Å². The van der Waals surface area contributed by atoms with E-state index in [1.54, 1.807) is 6.07 Å². The Morgan fingerprint density at radius 3 is 2.50 bits per heavy atom. The molecular formula is C18H13BrFN3O. The van der Waals surface area contributed by atoms with Crippen LogP contribution in [0.25, 0.3) is 11.4 Å². The number of rotatable bonds is 4. The highest BCUT2D eigenvalue weighted by Gasteiger charge is 2.09. The molecule has 0 aliphatic rings. The van der Waals surface area contributed by atoms with E-state index in [0.29, 0.717) is 17.0 Å². The molecule has 120 valence electrons. The van der Waals surface area contributed by atoms with E-state index in [1.165, 1.54) is 24.5 Å². The summed E-state index contributed by atoms with van der Waals surface area (Å²) in [6.45, 7) is 0.206. The standard InChI is InChI=1S/C18H13BrFN3O/c19-16-7-6-15(20)8-13(16)9-23-18(24)14-10-21-17(22-11-14)12-4-2-1-3-5-12/h1-8,10-11H,9H2,(H,23,24). The first kappa shape index (κ1) is 16.3. The van der Waals surface area contributed by atoms with E-state index in [4.69, 9.17) is 0 Å². The number of aromatic nitrogens is 2. The maximum absolute atomic E-state index is 13.2. The molecule has 6 heteroatoms. The third-order valence-corrected chi connectivity index (χ3v) is 4.17. The minimum absolute atomic E-state index is 0.206. The van der Waals surface area contributed by atoms with Crippen LogP contribution in [0.3, 0.4) is 0 Å². The van der Waals surface area contributed by atoms with Crippen molar-refractivity contribution >= 4 is 21.8 Å². The van der Waals surface area contributed by atoms with Gasteiger partial charge in [-0.2, -0.15) is 0 Å². The summed E-state index contributed by atoms with van der Waals surface area (Å²) in [6.07, 6.45) is 2.95. The second-order valence-electron chi connectivity index (χ2n) is 5.08. The van der Waals surface area contributed by atoms with Crippen LogP contribution in [0, 0.1) is 5.82 Å². The summed E-state index contributed by atoms with van der Waals surface area (Å²) in [6, 6.07) is 13.8. The SMILES string of the molecule is O=C(NCc1cc(F)ccc1Br)c1cnc(-c2ccccc2)nc1. The van der Waals surface area contributed by atoms with Crippen LogP contribution >= 0.6 is 15.9 Å². The smallest absolute Gasteiger partial charge is 0.254 e. The zero-order chi connectivity index (χ0) is 16.9. The molecule has 0 radical (unpaired) electrons. The third-order valence-electron chi connectivity index (χ3n) is 3.39. The number of halogens is 2. The summed E-state index contributed by atoms with van der Waals surface area (Å²) in [5, 5.41) is 2.73. The van der Waals surface area contributed by atoms with Crippen LogP contribution in [0.1, 0.15) is 15.9 Å². The quantitative estimate of drug-likeness (QED) is 0.738. The summed E-state index contributed by atoms with van der Waals surface area (Å²) in [4.78, 5) is 20.6. The van der Waals surface area contributed by atoms with E-state index in [9.17, 15) is 9.18 Å². The Kier molecular flexibility index (Phi) is 4.96. The van der Waals surface area contributed by atoms with E-state index in [-0.39, 0.29) is 18.3 Å². The van der Waals surface area contributed by atoms with Gasteiger partial charge in [0, 0.05) is 29.0 Å². The minimum atomic E-state index is -0.349. The fourth-order valence-electron chi connectivity index (χ4n) is 2.14. The fraction of sp³-hybridized carbons (Fsp3) is 0.0556. The number of nitrogens with zero attached hydrogens (tertiary/aromatic N) is 2. The average Bonchev–Trinajstić information content (AvgIpc) is 2.63. The molecule has 0 saturated heterocycles. The van der Waals surface area contributed by atoms with Crippen molar-refractivity contribution in [2.45, 2.75) is 6.54 Å². The van der Waals surface area contributed by atoms with E-state index in [1.807, 2.05) is 30.3 Å². The lowest BCUT2D eigenvalue weighted by Crippen LogP contribution is -2.23. The van der Waals surface area contributed by atoms with Crippen molar-refractivity contribution in [3.8, 4) is 11.4 Å². The van der Waals surface area contributed by atoms with Crippen LogP contribution in [-0.2, 0) is 6.54 Å². The Morgan fingerprint density at radius 2 is 1.79 bits per heavy atom. The first-order valence-electron chi connectivity index (χ1n) is 7.23. The number of nitrogens with one attached hydrogen (secondary N) is 1. The van der Waals surface area contributed by atoms with Gasteiger partial charge in [0.2, 0.25) is 0 Å². The van der Waals surface area contributed by atoms with Gasteiger partial charge in [-0.05, 0) is 23.8 Å².